The summed E-state index contributed by atoms with van der Waals surface area (Å²) in [6, 6.07) is 17.5. The Kier molecular flexibility index (Phi) is 5.97. The second-order valence-corrected chi connectivity index (χ2v) is 7.16. The lowest BCUT2D eigenvalue weighted by molar-refractivity contribution is -0.123. The van der Waals surface area contributed by atoms with Crippen molar-refractivity contribution in [3.8, 4) is 0 Å². The van der Waals surface area contributed by atoms with Crippen molar-refractivity contribution >= 4 is 17.5 Å². The zero-order valence-corrected chi connectivity index (χ0v) is 15.4. The van der Waals surface area contributed by atoms with E-state index in [0.717, 1.165) is 11.3 Å². The Bertz CT molecular complexity index is 716. The van der Waals surface area contributed by atoms with E-state index in [9.17, 15) is 9.59 Å². The van der Waals surface area contributed by atoms with Crippen molar-refractivity contribution in [1.29, 1.82) is 0 Å². The minimum absolute atomic E-state index is 0.0109. The normalized spacial score (nSPS) is 11.0. The molecule has 0 saturated carbocycles. The molecule has 0 unspecified atom stereocenters. The molecule has 4 nitrogen and oxygen atoms in total. The van der Waals surface area contributed by atoms with Crippen molar-refractivity contribution in [2.45, 2.75) is 39.7 Å². The molecule has 0 fully saturated rings. The van der Waals surface area contributed by atoms with Gasteiger partial charge in [-0.05, 0) is 28.7 Å². The zero-order valence-electron chi connectivity index (χ0n) is 15.4. The first-order valence-electron chi connectivity index (χ1n) is 8.46. The number of amides is 2. The SMILES string of the molecule is CC(=O)N(CC(=O)NCc1ccccc1)c1ccc(C(C)(C)C)cc1. The number of nitrogens with zero attached hydrogens (tertiary/aromatic N) is 1. The molecule has 0 saturated heterocycles. The molecule has 4 heteroatoms. The average molecular weight is 338 g/mol. The number of nitrogens with one attached hydrogen (secondary N) is 1. The summed E-state index contributed by atoms with van der Waals surface area (Å²) in [5.74, 6) is -0.336. The summed E-state index contributed by atoms with van der Waals surface area (Å²) in [6.45, 7) is 8.36. The van der Waals surface area contributed by atoms with Crippen LogP contribution in [-0.4, -0.2) is 18.4 Å². The Hall–Kier alpha value is -2.62. The van der Waals surface area contributed by atoms with Gasteiger partial charge < -0.3 is 10.2 Å². The number of anilines is 1. The minimum Gasteiger partial charge on any atom is -0.350 e. The van der Waals surface area contributed by atoms with Gasteiger partial charge in [0.2, 0.25) is 11.8 Å². The van der Waals surface area contributed by atoms with Gasteiger partial charge in [-0.15, -0.1) is 0 Å². The maximum absolute atomic E-state index is 12.2. The molecule has 25 heavy (non-hydrogen) atoms. The van der Waals surface area contributed by atoms with Gasteiger partial charge in [-0.3, -0.25) is 9.59 Å². The second-order valence-electron chi connectivity index (χ2n) is 7.16. The molecule has 1 N–H and O–H groups in total. The number of rotatable bonds is 5. The minimum atomic E-state index is -0.182. The Balaban J connectivity index is 2.03. The number of carbonyl (C=O) groups is 2. The predicted molar refractivity (Wildman–Crippen MR) is 101 cm³/mol. The van der Waals surface area contributed by atoms with Crippen molar-refractivity contribution < 1.29 is 9.59 Å². The van der Waals surface area contributed by atoms with Crippen LogP contribution in [0.4, 0.5) is 5.69 Å². The highest BCUT2D eigenvalue weighted by Gasteiger charge is 2.18. The Morgan fingerprint density at radius 2 is 1.56 bits per heavy atom. The molecule has 0 aliphatic carbocycles. The third kappa shape index (κ3) is 5.45. The first-order chi connectivity index (χ1) is 11.8. The summed E-state index contributed by atoms with van der Waals surface area (Å²) in [6.07, 6.45) is 0. The molecule has 0 atom stereocenters. The van der Waals surface area contributed by atoms with E-state index in [1.54, 1.807) is 0 Å². The van der Waals surface area contributed by atoms with Gasteiger partial charge in [-0.1, -0.05) is 63.2 Å². The Labute approximate surface area is 149 Å². The third-order valence-corrected chi connectivity index (χ3v) is 4.06. The second kappa shape index (κ2) is 7.97. The van der Waals surface area contributed by atoms with Gasteiger partial charge in [-0.25, -0.2) is 0 Å². The summed E-state index contributed by atoms with van der Waals surface area (Å²) >= 11 is 0. The van der Waals surface area contributed by atoms with Gasteiger partial charge in [0.25, 0.3) is 0 Å². The van der Waals surface area contributed by atoms with Crippen LogP contribution in [0.2, 0.25) is 0 Å². The summed E-state index contributed by atoms with van der Waals surface area (Å²) in [5, 5.41) is 2.86. The molecular formula is C21H26N2O2. The van der Waals surface area contributed by atoms with Crippen molar-refractivity contribution in [1.82, 2.24) is 5.32 Å². The van der Waals surface area contributed by atoms with E-state index >= 15 is 0 Å². The summed E-state index contributed by atoms with van der Waals surface area (Å²) in [5.41, 5.74) is 3.00. The highest BCUT2D eigenvalue weighted by molar-refractivity contribution is 5.97. The monoisotopic (exact) mass is 338 g/mol. The molecular weight excluding hydrogens is 312 g/mol. The van der Waals surface area contributed by atoms with E-state index in [2.05, 4.69) is 26.1 Å². The van der Waals surface area contributed by atoms with E-state index < -0.39 is 0 Å². The first-order valence-corrected chi connectivity index (χ1v) is 8.46. The van der Waals surface area contributed by atoms with Gasteiger partial charge in [-0.2, -0.15) is 0 Å². The summed E-state index contributed by atoms with van der Waals surface area (Å²) in [4.78, 5) is 25.7. The van der Waals surface area contributed by atoms with Crippen molar-refractivity contribution in [3.63, 3.8) is 0 Å². The van der Waals surface area contributed by atoms with Crippen LogP contribution in [-0.2, 0) is 21.5 Å². The Morgan fingerprint density at radius 1 is 0.960 bits per heavy atom. The molecule has 132 valence electrons. The lowest BCUT2D eigenvalue weighted by Crippen LogP contribution is -2.39. The van der Waals surface area contributed by atoms with E-state index in [1.165, 1.54) is 17.4 Å². The van der Waals surface area contributed by atoms with Gasteiger partial charge in [0, 0.05) is 19.2 Å². The smallest absolute Gasteiger partial charge is 0.240 e. The molecule has 0 aliphatic rings. The van der Waals surface area contributed by atoms with Gasteiger partial charge in [0.1, 0.15) is 6.54 Å². The largest absolute Gasteiger partial charge is 0.350 e. The molecule has 0 bridgehead atoms. The van der Waals surface area contributed by atoms with Gasteiger partial charge in [0.05, 0.1) is 0 Å². The van der Waals surface area contributed by atoms with E-state index in [1.807, 2.05) is 54.6 Å². The fraction of sp³-hybridized carbons (Fsp3) is 0.333. The molecule has 2 aromatic carbocycles. The standard InChI is InChI=1S/C21H26N2O2/c1-16(24)23(19-12-10-18(11-13-19)21(2,3)4)15-20(25)22-14-17-8-6-5-7-9-17/h5-13H,14-15H2,1-4H3,(H,22,25). The maximum Gasteiger partial charge on any atom is 0.240 e. The molecule has 2 aromatic rings. The topological polar surface area (TPSA) is 49.4 Å². The molecule has 0 spiro atoms. The van der Waals surface area contributed by atoms with Crippen LogP contribution in [0.25, 0.3) is 0 Å². The highest BCUT2D eigenvalue weighted by Crippen LogP contribution is 2.25. The lowest BCUT2D eigenvalue weighted by Gasteiger charge is -2.23. The van der Waals surface area contributed by atoms with Crippen LogP contribution in [0, 0.1) is 0 Å². The summed E-state index contributed by atoms with van der Waals surface area (Å²) in [7, 11) is 0. The predicted octanol–water partition coefficient (Wildman–Crippen LogP) is 3.65. The lowest BCUT2D eigenvalue weighted by atomic mass is 9.87. The summed E-state index contributed by atoms with van der Waals surface area (Å²) < 4.78 is 0. The van der Waals surface area contributed by atoms with Crippen LogP contribution in [0.15, 0.2) is 54.6 Å². The maximum atomic E-state index is 12.2. The van der Waals surface area contributed by atoms with Crippen LogP contribution in [0.1, 0.15) is 38.8 Å². The number of benzene rings is 2. The molecule has 2 rings (SSSR count). The van der Waals surface area contributed by atoms with Crippen LogP contribution >= 0.6 is 0 Å². The van der Waals surface area contributed by atoms with E-state index in [0.29, 0.717) is 6.54 Å². The highest BCUT2D eigenvalue weighted by atomic mass is 16.2. The molecule has 0 heterocycles. The molecule has 0 aliphatic heterocycles. The molecule has 0 aromatic heterocycles. The zero-order chi connectivity index (χ0) is 18.4. The number of hydrogen-bond donors (Lipinski definition) is 1. The van der Waals surface area contributed by atoms with Gasteiger partial charge >= 0.3 is 0 Å². The van der Waals surface area contributed by atoms with Crippen LogP contribution in [0.3, 0.4) is 0 Å². The van der Waals surface area contributed by atoms with Crippen molar-refractivity contribution in [2.75, 3.05) is 11.4 Å². The van der Waals surface area contributed by atoms with E-state index in [-0.39, 0.29) is 23.8 Å². The molecule has 2 amide bonds. The van der Waals surface area contributed by atoms with E-state index in [4.69, 9.17) is 0 Å². The third-order valence-electron chi connectivity index (χ3n) is 4.06. The molecule has 0 radical (unpaired) electrons. The van der Waals surface area contributed by atoms with Crippen molar-refractivity contribution in [3.05, 3.63) is 65.7 Å². The average Bonchev–Trinajstić information content (AvgIpc) is 2.58. The fourth-order valence-electron chi connectivity index (χ4n) is 2.52. The number of hydrogen-bond acceptors (Lipinski definition) is 2. The fourth-order valence-corrected chi connectivity index (χ4v) is 2.52. The van der Waals surface area contributed by atoms with Crippen LogP contribution < -0.4 is 10.2 Å². The Morgan fingerprint density at radius 3 is 2.08 bits per heavy atom. The first kappa shape index (κ1) is 18.7. The quantitative estimate of drug-likeness (QED) is 0.904. The van der Waals surface area contributed by atoms with Gasteiger partial charge in [0.15, 0.2) is 0 Å². The van der Waals surface area contributed by atoms with Crippen LogP contribution in [0.5, 0.6) is 0 Å². The number of carbonyl (C=O) groups excluding carboxylic acids is 2. The van der Waals surface area contributed by atoms with Crippen molar-refractivity contribution in [2.24, 2.45) is 0 Å².